The average molecular weight is 446 g/mol. The quantitative estimate of drug-likeness (QED) is 0.544. The highest BCUT2D eigenvalue weighted by Gasteiger charge is 2.45. The molecule has 2 amide bonds. The maximum absolute atomic E-state index is 12.9. The molecule has 10 heteroatoms. The molecule has 3 unspecified atom stereocenters. The number of carbonyl (C=O) groups is 2. The first-order valence-electron chi connectivity index (χ1n) is 10.6. The fourth-order valence-electron chi connectivity index (χ4n) is 4.14. The van der Waals surface area contributed by atoms with Crippen LogP contribution in [0.3, 0.4) is 0 Å². The van der Waals surface area contributed by atoms with Crippen LogP contribution in [0, 0.1) is 18.8 Å². The number of hydrazine groups is 1. The first-order chi connectivity index (χ1) is 14.9. The Balaban J connectivity index is 1.58. The van der Waals surface area contributed by atoms with E-state index in [-0.39, 0.29) is 29.8 Å². The molecule has 31 heavy (non-hydrogen) atoms. The summed E-state index contributed by atoms with van der Waals surface area (Å²) in [5, 5.41) is 16.5. The number of hydrogen-bond donors (Lipinski definition) is 4. The third kappa shape index (κ3) is 4.26. The van der Waals surface area contributed by atoms with E-state index in [4.69, 9.17) is 11.6 Å². The number of aromatic nitrogens is 2. The number of benzene rings is 1. The molecule has 0 radical (unpaired) electrons. The summed E-state index contributed by atoms with van der Waals surface area (Å²) >= 11 is 6.02. The molecule has 3 heterocycles. The Kier molecular flexibility index (Phi) is 6.17. The van der Waals surface area contributed by atoms with Gasteiger partial charge in [0.1, 0.15) is 12.0 Å². The standard InChI is InChI=1S/C21H28ClN7O2/c1-4-13(5-2)19(30)24-17-10-12(3)27-29(17)21-25-18-16(20(31)26-21)11-23-28(18)15-8-6-14(22)7-9-15/h6-10,13,16,18,21,23,25H,4-5,11H2,1-3H3,(H,24,30)(H,26,31). The van der Waals surface area contributed by atoms with Gasteiger partial charge in [-0.1, -0.05) is 25.4 Å². The number of nitrogens with one attached hydrogen (secondary N) is 4. The summed E-state index contributed by atoms with van der Waals surface area (Å²) in [6.07, 6.45) is 0.639. The summed E-state index contributed by atoms with van der Waals surface area (Å²) in [6, 6.07) is 9.24. The van der Waals surface area contributed by atoms with Crippen molar-refractivity contribution in [3.63, 3.8) is 0 Å². The van der Waals surface area contributed by atoms with Crippen LogP contribution in [-0.2, 0) is 9.59 Å². The summed E-state index contributed by atoms with van der Waals surface area (Å²) in [5.41, 5.74) is 4.93. The first kappa shape index (κ1) is 21.6. The van der Waals surface area contributed by atoms with Gasteiger partial charge in [0, 0.05) is 23.6 Å². The Bertz CT molecular complexity index is 957. The molecule has 2 fully saturated rings. The van der Waals surface area contributed by atoms with Gasteiger partial charge in [-0.05, 0) is 44.0 Å². The highest BCUT2D eigenvalue weighted by Crippen LogP contribution is 2.28. The van der Waals surface area contributed by atoms with Gasteiger partial charge in [0.05, 0.1) is 17.3 Å². The maximum atomic E-state index is 12.9. The average Bonchev–Trinajstić information content (AvgIpc) is 3.33. The van der Waals surface area contributed by atoms with Crippen LogP contribution in [0.2, 0.25) is 5.02 Å². The Morgan fingerprint density at radius 1 is 1.29 bits per heavy atom. The van der Waals surface area contributed by atoms with Crippen molar-refractivity contribution >= 4 is 34.9 Å². The first-order valence-corrected chi connectivity index (χ1v) is 11.0. The van der Waals surface area contributed by atoms with E-state index in [0.717, 1.165) is 24.2 Å². The van der Waals surface area contributed by atoms with E-state index in [1.165, 1.54) is 0 Å². The topological polar surface area (TPSA) is 103 Å². The van der Waals surface area contributed by atoms with Crippen molar-refractivity contribution in [3.8, 4) is 0 Å². The van der Waals surface area contributed by atoms with Crippen LogP contribution in [0.1, 0.15) is 38.7 Å². The summed E-state index contributed by atoms with van der Waals surface area (Å²) in [6.45, 7) is 6.36. The second-order valence-electron chi connectivity index (χ2n) is 7.96. The van der Waals surface area contributed by atoms with Crippen molar-refractivity contribution in [3.05, 3.63) is 41.0 Å². The molecular formula is C21H28ClN7O2. The lowest BCUT2D eigenvalue weighted by Crippen LogP contribution is -2.61. The second-order valence-corrected chi connectivity index (χ2v) is 8.39. The predicted octanol–water partition coefficient (Wildman–Crippen LogP) is 2.36. The smallest absolute Gasteiger partial charge is 0.230 e. The van der Waals surface area contributed by atoms with Gasteiger partial charge in [0.2, 0.25) is 11.8 Å². The molecule has 2 aromatic rings. The number of hydrogen-bond acceptors (Lipinski definition) is 6. The third-order valence-corrected chi connectivity index (χ3v) is 6.15. The molecule has 4 N–H and O–H groups in total. The Morgan fingerprint density at radius 2 is 2.00 bits per heavy atom. The van der Waals surface area contributed by atoms with Crippen LogP contribution >= 0.6 is 11.6 Å². The van der Waals surface area contributed by atoms with Gasteiger partial charge in [-0.2, -0.15) is 5.10 Å². The number of amides is 2. The van der Waals surface area contributed by atoms with Gasteiger partial charge in [-0.25, -0.2) is 10.1 Å². The van der Waals surface area contributed by atoms with Gasteiger partial charge in [-0.3, -0.25) is 19.9 Å². The van der Waals surface area contributed by atoms with Gasteiger partial charge in [0.15, 0.2) is 6.29 Å². The minimum absolute atomic E-state index is 0.0449. The molecule has 0 spiro atoms. The number of anilines is 2. The van der Waals surface area contributed by atoms with Crippen molar-refractivity contribution in [2.24, 2.45) is 11.8 Å². The summed E-state index contributed by atoms with van der Waals surface area (Å²) in [5.74, 6) is 0.0850. The molecular weight excluding hydrogens is 418 g/mol. The highest BCUT2D eigenvalue weighted by molar-refractivity contribution is 6.30. The van der Waals surface area contributed by atoms with Gasteiger partial charge in [-0.15, -0.1) is 0 Å². The molecule has 0 bridgehead atoms. The zero-order valence-corrected chi connectivity index (χ0v) is 18.6. The minimum atomic E-state index is -0.603. The number of aryl methyl sites for hydroxylation is 1. The van der Waals surface area contributed by atoms with Crippen molar-refractivity contribution in [2.75, 3.05) is 16.9 Å². The minimum Gasteiger partial charge on any atom is -0.321 e. The van der Waals surface area contributed by atoms with E-state index in [1.54, 1.807) is 4.68 Å². The van der Waals surface area contributed by atoms with E-state index < -0.39 is 6.29 Å². The lowest BCUT2D eigenvalue weighted by molar-refractivity contribution is -0.129. The van der Waals surface area contributed by atoms with E-state index in [1.807, 2.05) is 56.1 Å². The molecule has 4 rings (SSSR count). The Morgan fingerprint density at radius 3 is 2.68 bits per heavy atom. The molecule has 2 aliphatic heterocycles. The molecule has 1 aromatic carbocycles. The van der Waals surface area contributed by atoms with Crippen molar-refractivity contribution in [1.29, 1.82) is 0 Å². The monoisotopic (exact) mass is 445 g/mol. The molecule has 2 aliphatic rings. The zero-order valence-electron chi connectivity index (χ0n) is 17.9. The zero-order chi connectivity index (χ0) is 22.1. The summed E-state index contributed by atoms with van der Waals surface area (Å²) in [4.78, 5) is 25.5. The molecule has 2 saturated heterocycles. The molecule has 9 nitrogen and oxygen atoms in total. The van der Waals surface area contributed by atoms with Crippen molar-refractivity contribution in [1.82, 2.24) is 25.8 Å². The third-order valence-electron chi connectivity index (χ3n) is 5.90. The second kappa shape index (κ2) is 8.86. The fraction of sp³-hybridized carbons (Fsp3) is 0.476. The van der Waals surface area contributed by atoms with Crippen molar-refractivity contribution < 1.29 is 9.59 Å². The molecule has 0 aliphatic carbocycles. The van der Waals surface area contributed by atoms with Gasteiger partial charge < -0.3 is 10.6 Å². The Hall–Kier alpha value is -2.62. The molecule has 3 atom stereocenters. The van der Waals surface area contributed by atoms with Crippen LogP contribution in [0.25, 0.3) is 0 Å². The number of rotatable bonds is 6. The summed E-state index contributed by atoms with van der Waals surface area (Å²) < 4.78 is 1.63. The number of fused-ring (bicyclic) bond motifs is 1. The lowest BCUT2D eigenvalue weighted by atomic mass is 10.0. The number of carbonyl (C=O) groups excluding carboxylic acids is 2. The van der Waals surface area contributed by atoms with Crippen molar-refractivity contribution in [2.45, 2.75) is 46.1 Å². The lowest BCUT2D eigenvalue weighted by Gasteiger charge is -2.37. The SMILES string of the molecule is CCC(CC)C(=O)Nc1cc(C)nn1C1NC(=O)C2CNN(c3ccc(Cl)cc3)C2N1. The summed E-state index contributed by atoms with van der Waals surface area (Å²) in [7, 11) is 0. The molecule has 166 valence electrons. The van der Waals surface area contributed by atoms with Gasteiger partial charge >= 0.3 is 0 Å². The van der Waals surface area contributed by atoms with E-state index in [2.05, 4.69) is 26.5 Å². The fourth-order valence-corrected chi connectivity index (χ4v) is 4.26. The number of halogens is 1. The number of nitrogens with zero attached hydrogens (tertiary/aromatic N) is 3. The molecule has 0 saturated carbocycles. The predicted molar refractivity (Wildman–Crippen MR) is 119 cm³/mol. The van der Waals surface area contributed by atoms with Crippen LogP contribution in [-0.4, -0.2) is 34.3 Å². The van der Waals surface area contributed by atoms with E-state index in [9.17, 15) is 9.59 Å². The van der Waals surface area contributed by atoms with Gasteiger partial charge in [0.25, 0.3) is 0 Å². The highest BCUT2D eigenvalue weighted by atomic mass is 35.5. The van der Waals surface area contributed by atoms with Crippen LogP contribution < -0.4 is 26.4 Å². The van der Waals surface area contributed by atoms with E-state index >= 15 is 0 Å². The maximum Gasteiger partial charge on any atom is 0.230 e. The molecule has 1 aromatic heterocycles. The Labute approximate surface area is 186 Å². The van der Waals surface area contributed by atoms with E-state index in [0.29, 0.717) is 17.4 Å². The van der Waals surface area contributed by atoms with Crippen LogP contribution in [0.4, 0.5) is 11.5 Å². The van der Waals surface area contributed by atoms with Crippen LogP contribution in [0.15, 0.2) is 30.3 Å². The van der Waals surface area contributed by atoms with Crippen LogP contribution in [0.5, 0.6) is 0 Å². The normalized spacial score (nSPS) is 23.1. The largest absolute Gasteiger partial charge is 0.321 e.